The summed E-state index contributed by atoms with van der Waals surface area (Å²) in [6.45, 7) is 3.00. The first-order valence-electron chi connectivity index (χ1n) is 7.01. The van der Waals surface area contributed by atoms with Crippen LogP contribution in [0.15, 0.2) is 28.7 Å². The van der Waals surface area contributed by atoms with E-state index in [0.29, 0.717) is 19.1 Å². The van der Waals surface area contributed by atoms with E-state index in [1.54, 1.807) is 4.90 Å². The third-order valence-corrected chi connectivity index (χ3v) is 4.22. The molecule has 0 bridgehead atoms. The number of halogens is 1. The maximum atomic E-state index is 12.2. The van der Waals surface area contributed by atoms with E-state index in [0.717, 1.165) is 36.0 Å². The van der Waals surface area contributed by atoms with E-state index < -0.39 is 0 Å². The van der Waals surface area contributed by atoms with Crippen LogP contribution in [0.2, 0.25) is 0 Å². The maximum Gasteiger partial charge on any atom is 0.236 e. The first kappa shape index (κ1) is 15.5. The number of carbonyl (C=O) groups excluding carboxylic acids is 1. The quantitative estimate of drug-likeness (QED) is 0.910. The highest BCUT2D eigenvalue weighted by Crippen LogP contribution is 2.13. The monoisotopic (exact) mass is 339 g/mol. The predicted molar refractivity (Wildman–Crippen MR) is 84.3 cm³/mol. The number of benzene rings is 1. The van der Waals surface area contributed by atoms with Crippen molar-refractivity contribution in [1.29, 1.82) is 0 Å². The summed E-state index contributed by atoms with van der Waals surface area (Å²) in [5, 5.41) is 0. The number of piperidine rings is 1. The van der Waals surface area contributed by atoms with Crippen molar-refractivity contribution in [2.75, 3.05) is 26.7 Å². The molecule has 1 heterocycles. The Labute approximate surface area is 129 Å². The Morgan fingerprint density at radius 3 is 2.80 bits per heavy atom. The first-order valence-corrected chi connectivity index (χ1v) is 7.80. The number of nitrogens with two attached hydrogens (primary N) is 1. The molecule has 0 atom stereocenters. The lowest BCUT2D eigenvalue weighted by atomic mass is 10.1. The summed E-state index contributed by atoms with van der Waals surface area (Å²) in [7, 11) is 1.86. The number of likely N-dealkylation sites (N-methyl/N-ethyl adjacent to an activating group) is 1. The lowest BCUT2D eigenvalue weighted by molar-refractivity contribution is -0.131. The van der Waals surface area contributed by atoms with E-state index >= 15 is 0 Å². The first-order chi connectivity index (χ1) is 9.54. The van der Waals surface area contributed by atoms with Gasteiger partial charge in [-0.1, -0.05) is 28.1 Å². The van der Waals surface area contributed by atoms with E-state index in [1.165, 1.54) is 0 Å². The van der Waals surface area contributed by atoms with Crippen molar-refractivity contribution in [3.63, 3.8) is 0 Å². The van der Waals surface area contributed by atoms with Crippen LogP contribution in [0.1, 0.15) is 18.4 Å². The minimum atomic E-state index is 0.167. The lowest BCUT2D eigenvalue weighted by Crippen LogP contribution is -2.44. The van der Waals surface area contributed by atoms with E-state index in [2.05, 4.69) is 20.8 Å². The van der Waals surface area contributed by atoms with Crippen LogP contribution in [-0.2, 0) is 11.3 Å². The second-order valence-corrected chi connectivity index (χ2v) is 6.41. The third kappa shape index (κ3) is 4.58. The molecule has 20 heavy (non-hydrogen) atoms. The van der Waals surface area contributed by atoms with Crippen LogP contribution in [0.25, 0.3) is 0 Å². The standard InChI is InChI=1S/C15H22BrN3O/c1-18(10-12-3-2-4-13(16)9-12)15(20)11-19-7-5-14(17)6-8-19/h2-4,9,14H,5-8,10-11,17H2,1H3. The molecule has 5 heteroatoms. The van der Waals surface area contributed by atoms with Gasteiger partial charge in [0.15, 0.2) is 0 Å². The zero-order valence-corrected chi connectivity index (χ0v) is 13.5. The van der Waals surface area contributed by atoms with Gasteiger partial charge in [-0.05, 0) is 30.5 Å². The number of hydrogen-bond acceptors (Lipinski definition) is 3. The molecular formula is C15H22BrN3O. The van der Waals surface area contributed by atoms with Crippen LogP contribution >= 0.6 is 15.9 Å². The van der Waals surface area contributed by atoms with Crippen molar-refractivity contribution in [3.05, 3.63) is 34.3 Å². The van der Waals surface area contributed by atoms with Crippen LogP contribution in [0, 0.1) is 0 Å². The van der Waals surface area contributed by atoms with E-state index in [1.807, 2.05) is 31.3 Å². The Morgan fingerprint density at radius 1 is 1.45 bits per heavy atom. The van der Waals surface area contributed by atoms with E-state index in [4.69, 9.17) is 5.73 Å². The molecule has 0 unspecified atom stereocenters. The third-order valence-electron chi connectivity index (χ3n) is 3.73. The van der Waals surface area contributed by atoms with Crippen LogP contribution in [0.5, 0.6) is 0 Å². The molecule has 1 saturated heterocycles. The summed E-state index contributed by atoms with van der Waals surface area (Å²) < 4.78 is 1.04. The molecule has 110 valence electrons. The largest absolute Gasteiger partial charge is 0.340 e. The molecule has 1 aromatic carbocycles. The molecule has 1 amide bonds. The summed E-state index contributed by atoms with van der Waals surface area (Å²) in [6.07, 6.45) is 1.98. The summed E-state index contributed by atoms with van der Waals surface area (Å²) in [4.78, 5) is 16.2. The van der Waals surface area contributed by atoms with Gasteiger partial charge in [0.1, 0.15) is 0 Å². The second-order valence-electron chi connectivity index (χ2n) is 5.49. The molecule has 0 aliphatic carbocycles. The van der Waals surface area contributed by atoms with Gasteiger partial charge in [-0.3, -0.25) is 9.69 Å². The molecule has 1 aliphatic heterocycles. The molecule has 1 aromatic rings. The van der Waals surface area contributed by atoms with E-state index in [-0.39, 0.29) is 5.91 Å². The summed E-state index contributed by atoms with van der Waals surface area (Å²) >= 11 is 3.45. The Balaban J connectivity index is 1.83. The zero-order chi connectivity index (χ0) is 14.5. The van der Waals surface area contributed by atoms with Crippen molar-refractivity contribution in [1.82, 2.24) is 9.80 Å². The number of rotatable bonds is 4. The normalized spacial score (nSPS) is 17.1. The van der Waals surface area contributed by atoms with Crippen LogP contribution in [0.4, 0.5) is 0 Å². The summed E-state index contributed by atoms with van der Waals surface area (Å²) in [5.41, 5.74) is 7.01. The fourth-order valence-electron chi connectivity index (χ4n) is 2.42. The molecule has 0 saturated carbocycles. The minimum Gasteiger partial charge on any atom is -0.340 e. The van der Waals surface area contributed by atoms with Crippen molar-refractivity contribution < 1.29 is 4.79 Å². The number of amides is 1. The van der Waals surface area contributed by atoms with Crippen LogP contribution in [-0.4, -0.2) is 48.4 Å². The van der Waals surface area contributed by atoms with Crippen LogP contribution < -0.4 is 5.73 Å². The van der Waals surface area contributed by atoms with Crippen molar-refractivity contribution >= 4 is 21.8 Å². The van der Waals surface area contributed by atoms with Gasteiger partial charge in [0.25, 0.3) is 0 Å². The lowest BCUT2D eigenvalue weighted by Gasteiger charge is -2.30. The van der Waals surface area contributed by atoms with Crippen molar-refractivity contribution in [2.24, 2.45) is 5.73 Å². The predicted octanol–water partition coefficient (Wildman–Crippen LogP) is 1.83. The van der Waals surface area contributed by atoms with Crippen molar-refractivity contribution in [3.8, 4) is 0 Å². The Bertz CT molecular complexity index is 458. The summed E-state index contributed by atoms with van der Waals surface area (Å²) in [5.74, 6) is 0.167. The maximum absolute atomic E-state index is 12.2. The van der Waals surface area contributed by atoms with Gasteiger partial charge < -0.3 is 10.6 Å². The topological polar surface area (TPSA) is 49.6 Å². The number of hydrogen-bond donors (Lipinski definition) is 1. The van der Waals surface area contributed by atoms with Gasteiger partial charge in [-0.2, -0.15) is 0 Å². The second kappa shape index (κ2) is 7.20. The molecule has 0 radical (unpaired) electrons. The fraction of sp³-hybridized carbons (Fsp3) is 0.533. The average Bonchev–Trinajstić information content (AvgIpc) is 2.41. The van der Waals surface area contributed by atoms with Gasteiger partial charge in [0.2, 0.25) is 5.91 Å². The van der Waals surface area contributed by atoms with Gasteiger partial charge >= 0.3 is 0 Å². The van der Waals surface area contributed by atoms with Gasteiger partial charge in [-0.15, -0.1) is 0 Å². The molecule has 4 nitrogen and oxygen atoms in total. The molecule has 1 fully saturated rings. The van der Waals surface area contributed by atoms with Gasteiger partial charge in [0.05, 0.1) is 6.54 Å². The van der Waals surface area contributed by atoms with Crippen LogP contribution in [0.3, 0.4) is 0 Å². The van der Waals surface area contributed by atoms with Crippen molar-refractivity contribution in [2.45, 2.75) is 25.4 Å². The Morgan fingerprint density at radius 2 is 2.15 bits per heavy atom. The Hall–Kier alpha value is -0.910. The van der Waals surface area contributed by atoms with E-state index in [9.17, 15) is 4.79 Å². The molecule has 2 rings (SSSR count). The highest BCUT2D eigenvalue weighted by atomic mass is 79.9. The highest BCUT2D eigenvalue weighted by molar-refractivity contribution is 9.10. The molecule has 1 aliphatic rings. The molecule has 0 aromatic heterocycles. The molecule has 0 spiro atoms. The average molecular weight is 340 g/mol. The number of carbonyl (C=O) groups is 1. The molecular weight excluding hydrogens is 318 g/mol. The zero-order valence-electron chi connectivity index (χ0n) is 11.9. The fourth-order valence-corrected chi connectivity index (χ4v) is 2.87. The number of nitrogens with zero attached hydrogens (tertiary/aromatic N) is 2. The number of likely N-dealkylation sites (tertiary alicyclic amines) is 1. The molecule has 2 N–H and O–H groups in total. The smallest absolute Gasteiger partial charge is 0.236 e. The Kier molecular flexibility index (Phi) is 5.57. The SMILES string of the molecule is CN(Cc1cccc(Br)c1)C(=O)CN1CCC(N)CC1. The highest BCUT2D eigenvalue weighted by Gasteiger charge is 2.19. The summed E-state index contributed by atoms with van der Waals surface area (Å²) in [6, 6.07) is 8.37. The van der Waals surface area contributed by atoms with Gasteiger partial charge in [-0.25, -0.2) is 0 Å². The minimum absolute atomic E-state index is 0.167. The van der Waals surface area contributed by atoms with Gasteiger partial charge in [0, 0.05) is 37.2 Å².